The van der Waals surface area contributed by atoms with Crippen molar-refractivity contribution in [2.45, 2.75) is 6.42 Å². The van der Waals surface area contributed by atoms with Crippen LogP contribution in [0.4, 0.5) is 4.39 Å². The third-order valence-electron chi connectivity index (χ3n) is 2.43. The lowest BCUT2D eigenvalue weighted by atomic mass is 10.1. The van der Waals surface area contributed by atoms with Crippen molar-refractivity contribution in [3.8, 4) is 5.88 Å². The van der Waals surface area contributed by atoms with Gasteiger partial charge in [0, 0.05) is 18.8 Å². The first kappa shape index (κ1) is 12.2. The number of rotatable bonds is 4. The third-order valence-corrected chi connectivity index (χ3v) is 2.43. The molecule has 5 heteroatoms. The summed E-state index contributed by atoms with van der Waals surface area (Å²) in [4.78, 5) is 19.8. The summed E-state index contributed by atoms with van der Waals surface area (Å²) in [5.74, 6) is -0.586. The van der Waals surface area contributed by atoms with Crippen LogP contribution in [0.5, 0.6) is 5.88 Å². The Hall–Kier alpha value is -2.30. The second kappa shape index (κ2) is 5.35. The van der Waals surface area contributed by atoms with Crippen LogP contribution in [0.25, 0.3) is 0 Å². The zero-order valence-electron chi connectivity index (χ0n) is 9.76. The standard InChI is InChI=1S/C13H11FN2O2/c1-18-13-12(15-6-7-16-13)11(17)8-9-4-2-3-5-10(9)14/h2-7H,8H2,1H3. The maximum atomic E-state index is 13.4. The highest BCUT2D eigenvalue weighted by molar-refractivity contribution is 5.97. The molecule has 0 atom stereocenters. The summed E-state index contributed by atoms with van der Waals surface area (Å²) in [5, 5.41) is 0. The first-order valence-corrected chi connectivity index (χ1v) is 5.34. The highest BCUT2D eigenvalue weighted by Crippen LogP contribution is 2.15. The van der Waals surface area contributed by atoms with E-state index >= 15 is 0 Å². The highest BCUT2D eigenvalue weighted by Gasteiger charge is 2.16. The molecule has 0 radical (unpaired) electrons. The number of methoxy groups -OCH3 is 1. The van der Waals surface area contributed by atoms with Gasteiger partial charge >= 0.3 is 0 Å². The minimum Gasteiger partial charge on any atom is -0.479 e. The first-order valence-electron chi connectivity index (χ1n) is 5.34. The number of hydrogen-bond acceptors (Lipinski definition) is 4. The molecule has 1 aromatic heterocycles. The fourth-order valence-corrected chi connectivity index (χ4v) is 1.56. The number of ketones is 1. The summed E-state index contributed by atoms with van der Waals surface area (Å²) in [7, 11) is 1.41. The Bertz CT molecular complexity index is 572. The van der Waals surface area contributed by atoms with Gasteiger partial charge in [-0.25, -0.2) is 14.4 Å². The molecule has 2 aromatic rings. The van der Waals surface area contributed by atoms with Gasteiger partial charge in [0.05, 0.1) is 7.11 Å². The highest BCUT2D eigenvalue weighted by atomic mass is 19.1. The van der Waals surface area contributed by atoms with Crippen molar-refractivity contribution in [2.24, 2.45) is 0 Å². The van der Waals surface area contributed by atoms with Gasteiger partial charge in [-0.2, -0.15) is 0 Å². The van der Waals surface area contributed by atoms with Crippen molar-refractivity contribution in [3.63, 3.8) is 0 Å². The van der Waals surface area contributed by atoms with Gasteiger partial charge in [-0.3, -0.25) is 4.79 Å². The minimum atomic E-state index is -0.409. The van der Waals surface area contributed by atoms with Gasteiger partial charge < -0.3 is 4.74 Å². The summed E-state index contributed by atoms with van der Waals surface area (Å²) in [6, 6.07) is 6.14. The Morgan fingerprint density at radius 2 is 2.00 bits per heavy atom. The predicted octanol–water partition coefficient (Wildman–Crippen LogP) is 2.05. The van der Waals surface area contributed by atoms with E-state index in [4.69, 9.17) is 4.74 Å². The molecule has 0 saturated carbocycles. The van der Waals surface area contributed by atoms with E-state index in [9.17, 15) is 9.18 Å². The Balaban J connectivity index is 2.25. The topological polar surface area (TPSA) is 52.1 Å². The molecule has 0 N–H and O–H groups in total. The molecule has 0 saturated heterocycles. The zero-order valence-corrected chi connectivity index (χ0v) is 9.76. The summed E-state index contributed by atoms with van der Waals surface area (Å²) >= 11 is 0. The van der Waals surface area contributed by atoms with E-state index in [2.05, 4.69) is 9.97 Å². The average Bonchev–Trinajstić information content (AvgIpc) is 2.41. The second-order valence-corrected chi connectivity index (χ2v) is 3.61. The normalized spacial score (nSPS) is 10.1. The summed E-state index contributed by atoms with van der Waals surface area (Å²) < 4.78 is 18.4. The molecule has 0 aliphatic heterocycles. The molecule has 1 aromatic carbocycles. The largest absolute Gasteiger partial charge is 0.479 e. The molecule has 0 aliphatic carbocycles. The van der Waals surface area contributed by atoms with E-state index in [0.717, 1.165) is 0 Å². The fourth-order valence-electron chi connectivity index (χ4n) is 1.56. The molecule has 4 nitrogen and oxygen atoms in total. The molecule has 0 spiro atoms. The zero-order chi connectivity index (χ0) is 13.0. The molecule has 0 aliphatic rings. The van der Waals surface area contributed by atoms with Crippen LogP contribution in [0.3, 0.4) is 0 Å². The van der Waals surface area contributed by atoms with E-state index in [-0.39, 0.29) is 23.8 Å². The van der Waals surface area contributed by atoms with Crippen LogP contribution in [-0.4, -0.2) is 22.9 Å². The Morgan fingerprint density at radius 1 is 1.28 bits per heavy atom. The van der Waals surface area contributed by atoms with E-state index in [1.165, 1.54) is 25.6 Å². The molecule has 0 fully saturated rings. The van der Waals surface area contributed by atoms with Gasteiger partial charge in [0.15, 0.2) is 11.5 Å². The van der Waals surface area contributed by atoms with Crippen LogP contribution in [0.1, 0.15) is 16.1 Å². The van der Waals surface area contributed by atoms with E-state index in [1.807, 2.05) is 0 Å². The minimum absolute atomic E-state index is 0.0677. The predicted molar refractivity (Wildman–Crippen MR) is 63.0 cm³/mol. The molecule has 0 amide bonds. The molecular formula is C13H11FN2O2. The van der Waals surface area contributed by atoms with Crippen molar-refractivity contribution in [1.29, 1.82) is 0 Å². The van der Waals surface area contributed by atoms with Crippen LogP contribution >= 0.6 is 0 Å². The van der Waals surface area contributed by atoms with Gasteiger partial charge in [-0.1, -0.05) is 18.2 Å². The van der Waals surface area contributed by atoms with Crippen LogP contribution < -0.4 is 4.74 Å². The third kappa shape index (κ3) is 2.51. The number of nitrogens with zero attached hydrogens (tertiary/aromatic N) is 2. The second-order valence-electron chi connectivity index (χ2n) is 3.61. The van der Waals surface area contributed by atoms with E-state index in [1.54, 1.807) is 18.2 Å². The van der Waals surface area contributed by atoms with Crippen molar-refractivity contribution in [3.05, 3.63) is 53.7 Å². The smallest absolute Gasteiger partial charge is 0.243 e. The SMILES string of the molecule is COc1nccnc1C(=O)Cc1ccccc1F. The number of halogens is 1. The van der Waals surface area contributed by atoms with Crippen molar-refractivity contribution >= 4 is 5.78 Å². The summed E-state index contributed by atoms with van der Waals surface area (Å²) in [6.45, 7) is 0. The summed E-state index contributed by atoms with van der Waals surface area (Å²) in [5.41, 5.74) is 0.443. The van der Waals surface area contributed by atoms with Crippen LogP contribution in [0, 0.1) is 5.82 Å². The van der Waals surface area contributed by atoms with Crippen molar-refractivity contribution < 1.29 is 13.9 Å². The maximum absolute atomic E-state index is 13.4. The average molecular weight is 246 g/mol. The van der Waals surface area contributed by atoms with Gasteiger partial charge in [-0.15, -0.1) is 0 Å². The molecule has 18 heavy (non-hydrogen) atoms. The number of carbonyl (C=O) groups excluding carboxylic acids is 1. The molecular weight excluding hydrogens is 235 g/mol. The fraction of sp³-hybridized carbons (Fsp3) is 0.154. The molecule has 0 bridgehead atoms. The van der Waals surface area contributed by atoms with Gasteiger partial charge in [0.1, 0.15) is 5.82 Å². The molecule has 92 valence electrons. The lowest BCUT2D eigenvalue weighted by Crippen LogP contribution is -2.10. The number of aromatic nitrogens is 2. The van der Waals surface area contributed by atoms with Crippen LogP contribution in [-0.2, 0) is 6.42 Å². The first-order chi connectivity index (χ1) is 8.72. The number of carbonyl (C=O) groups is 1. The van der Waals surface area contributed by atoms with Crippen molar-refractivity contribution in [1.82, 2.24) is 9.97 Å². The van der Waals surface area contributed by atoms with Crippen molar-refractivity contribution in [2.75, 3.05) is 7.11 Å². The van der Waals surface area contributed by atoms with E-state index in [0.29, 0.717) is 5.56 Å². The lowest BCUT2D eigenvalue weighted by molar-refractivity contribution is 0.0983. The maximum Gasteiger partial charge on any atom is 0.243 e. The van der Waals surface area contributed by atoms with Crippen LogP contribution in [0.15, 0.2) is 36.7 Å². The molecule has 0 unspecified atom stereocenters. The lowest BCUT2D eigenvalue weighted by Gasteiger charge is -2.05. The molecule has 2 rings (SSSR count). The van der Waals surface area contributed by atoms with Crippen LogP contribution in [0.2, 0.25) is 0 Å². The van der Waals surface area contributed by atoms with Gasteiger partial charge in [0.25, 0.3) is 0 Å². The molecule has 1 heterocycles. The Labute approximate surface area is 103 Å². The van der Waals surface area contributed by atoms with E-state index < -0.39 is 5.82 Å². The quantitative estimate of drug-likeness (QED) is 0.775. The number of Topliss-reactive ketones (excluding diaryl/α,β-unsaturated/α-hetero) is 1. The summed E-state index contributed by atoms with van der Waals surface area (Å²) in [6.07, 6.45) is 2.76. The number of benzene rings is 1. The number of hydrogen-bond donors (Lipinski definition) is 0. The monoisotopic (exact) mass is 246 g/mol. The Kier molecular flexibility index (Phi) is 3.62. The van der Waals surface area contributed by atoms with Gasteiger partial charge in [0.2, 0.25) is 5.88 Å². The van der Waals surface area contributed by atoms with Gasteiger partial charge in [-0.05, 0) is 11.6 Å². The Morgan fingerprint density at radius 3 is 2.72 bits per heavy atom. The number of ether oxygens (including phenoxy) is 1.